The molecule has 0 amide bonds. The number of likely N-dealkylation sites (tertiary alicyclic amines) is 1. The molecule has 1 fully saturated rings. The lowest BCUT2D eigenvalue weighted by molar-refractivity contribution is -0.137. The minimum Gasteiger partial charge on any atom is -0.497 e. The van der Waals surface area contributed by atoms with Crippen molar-refractivity contribution in [3.8, 4) is 17.6 Å². The van der Waals surface area contributed by atoms with E-state index in [0.717, 1.165) is 55.4 Å². The molecule has 2 unspecified atom stereocenters. The highest BCUT2D eigenvalue weighted by Gasteiger charge is 2.29. The molecule has 1 aliphatic heterocycles. The molecule has 4 rings (SSSR count). The van der Waals surface area contributed by atoms with Crippen LogP contribution in [-0.2, 0) is 11.2 Å². The molecule has 1 aliphatic rings. The molecule has 1 saturated heterocycles. The monoisotopic (exact) mass is 522 g/mol. The zero-order valence-electron chi connectivity index (χ0n) is 21.1. The normalized spacial score (nSPS) is 17.8. The van der Waals surface area contributed by atoms with Crippen LogP contribution in [0.25, 0.3) is 10.9 Å². The maximum Gasteiger partial charge on any atom is 0.303 e. The van der Waals surface area contributed by atoms with E-state index in [-0.39, 0.29) is 6.42 Å². The number of aromatic nitrogens is 1. The summed E-state index contributed by atoms with van der Waals surface area (Å²) in [5.41, 5.74) is 2.56. The van der Waals surface area contributed by atoms with Crippen LogP contribution in [0.2, 0.25) is 5.02 Å². The van der Waals surface area contributed by atoms with Gasteiger partial charge in [0.05, 0.1) is 24.7 Å². The van der Waals surface area contributed by atoms with Crippen LogP contribution in [0.3, 0.4) is 0 Å². The Hall–Kier alpha value is -3.14. The second-order valence-electron chi connectivity index (χ2n) is 9.65. The van der Waals surface area contributed by atoms with Crippen LogP contribution >= 0.6 is 11.6 Å². The van der Waals surface area contributed by atoms with Gasteiger partial charge in [0.15, 0.2) is 0 Å². The van der Waals surface area contributed by atoms with Crippen molar-refractivity contribution in [3.05, 3.63) is 70.6 Å². The first-order valence-electron chi connectivity index (χ1n) is 12.7. The molecule has 1 N–H and O–H groups in total. The lowest BCUT2D eigenvalue weighted by Crippen LogP contribution is -2.41. The summed E-state index contributed by atoms with van der Waals surface area (Å²) in [6.45, 7) is 2.25. The van der Waals surface area contributed by atoms with Gasteiger partial charge in [0.25, 0.3) is 0 Å². The number of halogens is 2. The van der Waals surface area contributed by atoms with Crippen LogP contribution < -0.4 is 4.74 Å². The predicted molar refractivity (Wildman–Crippen MR) is 144 cm³/mol. The topological polar surface area (TPSA) is 62.7 Å². The molecule has 194 valence electrons. The fourth-order valence-electron chi connectivity index (χ4n) is 5.23. The molecule has 7 heteroatoms. The van der Waals surface area contributed by atoms with Gasteiger partial charge in [-0.1, -0.05) is 23.4 Å². The second-order valence-corrected chi connectivity index (χ2v) is 10.1. The molecular weight excluding hydrogens is 491 g/mol. The number of pyridine rings is 1. The molecule has 0 aliphatic carbocycles. The zero-order valence-corrected chi connectivity index (χ0v) is 21.8. The summed E-state index contributed by atoms with van der Waals surface area (Å²) in [5.74, 6) is 6.41. The summed E-state index contributed by atoms with van der Waals surface area (Å²) >= 11 is 5.82. The molecule has 3 aromatic rings. The molecule has 2 aromatic carbocycles. The lowest BCUT2D eigenvalue weighted by Gasteiger charge is -2.38. The van der Waals surface area contributed by atoms with E-state index < -0.39 is 11.8 Å². The molecule has 5 nitrogen and oxygen atoms in total. The van der Waals surface area contributed by atoms with Crippen molar-refractivity contribution >= 4 is 28.5 Å². The number of methoxy groups -OCH3 is 1. The van der Waals surface area contributed by atoms with Gasteiger partial charge in [0, 0.05) is 29.6 Å². The molecule has 2 atom stereocenters. The summed E-state index contributed by atoms with van der Waals surface area (Å²) in [6, 6.07) is 12.5. The van der Waals surface area contributed by atoms with Crippen molar-refractivity contribution in [3.63, 3.8) is 0 Å². The van der Waals surface area contributed by atoms with Crippen LogP contribution in [0.5, 0.6) is 5.75 Å². The fourth-order valence-corrected chi connectivity index (χ4v) is 5.39. The smallest absolute Gasteiger partial charge is 0.303 e. The highest BCUT2D eigenvalue weighted by atomic mass is 35.5. The average Bonchev–Trinajstić information content (AvgIpc) is 2.89. The number of fused-ring (bicyclic) bond motifs is 1. The summed E-state index contributed by atoms with van der Waals surface area (Å²) in [7, 11) is 1.67. The predicted octanol–water partition coefficient (Wildman–Crippen LogP) is 6.21. The number of ether oxygens (including phenoxy) is 1. The molecule has 0 radical (unpaired) electrons. The van der Waals surface area contributed by atoms with E-state index in [0.29, 0.717) is 35.4 Å². The Morgan fingerprint density at radius 1 is 1.22 bits per heavy atom. The summed E-state index contributed by atoms with van der Waals surface area (Å²) < 4.78 is 19.4. The van der Waals surface area contributed by atoms with E-state index in [1.165, 1.54) is 11.6 Å². The van der Waals surface area contributed by atoms with Gasteiger partial charge in [-0.2, -0.15) is 0 Å². The number of hydrogen-bond donors (Lipinski definition) is 1. The number of benzene rings is 2. The van der Waals surface area contributed by atoms with Gasteiger partial charge >= 0.3 is 5.97 Å². The van der Waals surface area contributed by atoms with Crippen LogP contribution in [0.4, 0.5) is 4.39 Å². The largest absolute Gasteiger partial charge is 0.497 e. The van der Waals surface area contributed by atoms with Gasteiger partial charge in [-0.05, 0) is 98.5 Å². The van der Waals surface area contributed by atoms with Crippen LogP contribution in [0.1, 0.15) is 43.2 Å². The molecule has 0 saturated carbocycles. The van der Waals surface area contributed by atoms with Crippen molar-refractivity contribution in [1.29, 1.82) is 0 Å². The molecule has 0 spiro atoms. The number of nitrogens with zero attached hydrogens (tertiary/aromatic N) is 2. The van der Waals surface area contributed by atoms with E-state index in [9.17, 15) is 14.3 Å². The molecule has 1 aromatic heterocycles. The summed E-state index contributed by atoms with van der Waals surface area (Å²) in [4.78, 5) is 18.0. The fraction of sp³-hybridized carbons (Fsp3) is 0.400. The van der Waals surface area contributed by atoms with E-state index >= 15 is 0 Å². The van der Waals surface area contributed by atoms with E-state index in [2.05, 4.69) is 27.8 Å². The second kappa shape index (κ2) is 12.9. The third-order valence-corrected chi connectivity index (χ3v) is 7.46. The number of carbonyl (C=O) groups is 1. The van der Waals surface area contributed by atoms with Crippen molar-refractivity contribution < 1.29 is 19.0 Å². The lowest BCUT2D eigenvalue weighted by atomic mass is 9.79. The van der Waals surface area contributed by atoms with Gasteiger partial charge < -0.3 is 9.84 Å². The first-order chi connectivity index (χ1) is 17.9. The number of carboxylic acids is 1. The van der Waals surface area contributed by atoms with E-state index in [1.807, 2.05) is 24.4 Å². The van der Waals surface area contributed by atoms with Gasteiger partial charge in [0.2, 0.25) is 0 Å². The number of rotatable bonds is 9. The number of aryl methyl sites for hydroxylation is 1. The Labute approximate surface area is 222 Å². The standard InChI is InChI=1S/C30H32ClFN2O3/c1-37-26-10-11-29-27(19-26)22(13-15-33-29)5-2-4-21-14-17-34(20-24(21)8-12-30(35)36)16-3-6-23-7-9-25(31)18-28(23)32/h7,9-11,13,15,18-19,21,24H,2,4-5,8,12,14,16-17,20H2,1H3,(H,35,36). The van der Waals surface area contributed by atoms with Gasteiger partial charge in [-0.3, -0.25) is 14.7 Å². The minimum absolute atomic E-state index is 0.172. The highest BCUT2D eigenvalue weighted by Crippen LogP contribution is 2.32. The zero-order chi connectivity index (χ0) is 26.2. The number of piperidine rings is 1. The Bertz CT molecular complexity index is 1300. The number of aliphatic carboxylic acids is 1. The molecule has 2 heterocycles. The van der Waals surface area contributed by atoms with Crippen molar-refractivity contribution in [2.24, 2.45) is 11.8 Å². The first-order valence-corrected chi connectivity index (χ1v) is 13.1. The maximum absolute atomic E-state index is 14.0. The third kappa shape index (κ3) is 7.44. The van der Waals surface area contributed by atoms with Crippen molar-refractivity contribution in [1.82, 2.24) is 9.88 Å². The van der Waals surface area contributed by atoms with Gasteiger partial charge in [0.1, 0.15) is 11.6 Å². The summed E-state index contributed by atoms with van der Waals surface area (Å²) in [5, 5.41) is 10.8. The van der Waals surface area contributed by atoms with Crippen molar-refractivity contribution in [2.45, 2.75) is 38.5 Å². The van der Waals surface area contributed by atoms with E-state index in [1.54, 1.807) is 19.2 Å². The Morgan fingerprint density at radius 3 is 2.86 bits per heavy atom. The SMILES string of the molecule is COc1ccc2nccc(CCCC3CCN(CC#Cc4ccc(Cl)cc4F)CC3CCC(=O)O)c2c1. The number of carboxylic acid groups (broad SMARTS) is 1. The molecular formula is C30H32ClFN2O3. The maximum atomic E-state index is 14.0. The Morgan fingerprint density at radius 2 is 2.08 bits per heavy atom. The molecule has 37 heavy (non-hydrogen) atoms. The molecule has 0 bridgehead atoms. The van der Waals surface area contributed by atoms with Crippen LogP contribution in [0.15, 0.2) is 48.7 Å². The Kier molecular flexibility index (Phi) is 9.38. The minimum atomic E-state index is -0.758. The first kappa shape index (κ1) is 26.9. The average molecular weight is 523 g/mol. The Balaban J connectivity index is 1.36. The van der Waals surface area contributed by atoms with Crippen LogP contribution in [0, 0.1) is 29.5 Å². The van der Waals surface area contributed by atoms with E-state index in [4.69, 9.17) is 16.3 Å². The van der Waals surface area contributed by atoms with Crippen molar-refractivity contribution in [2.75, 3.05) is 26.7 Å². The van der Waals surface area contributed by atoms with Gasteiger partial charge in [-0.15, -0.1) is 0 Å². The van der Waals surface area contributed by atoms with Gasteiger partial charge in [-0.25, -0.2) is 4.39 Å². The number of hydrogen-bond acceptors (Lipinski definition) is 4. The highest BCUT2D eigenvalue weighted by molar-refractivity contribution is 6.30. The quantitative estimate of drug-likeness (QED) is 0.338. The van der Waals surface area contributed by atoms with Crippen LogP contribution in [-0.4, -0.2) is 47.7 Å². The summed E-state index contributed by atoms with van der Waals surface area (Å²) in [6.07, 6.45) is 6.71. The third-order valence-electron chi connectivity index (χ3n) is 7.22.